The van der Waals surface area contributed by atoms with Crippen LogP contribution in [0.25, 0.3) is 0 Å². The number of alkyl halides is 2. The normalized spacial score (nSPS) is 15.6. The van der Waals surface area contributed by atoms with Crippen LogP contribution in [0.5, 0.6) is 0 Å². The Bertz CT molecular complexity index is 766. The summed E-state index contributed by atoms with van der Waals surface area (Å²) in [5.74, 6) is -1.79. The molecule has 1 saturated heterocycles. The quantitative estimate of drug-likeness (QED) is 0.0591. The molecule has 16 heteroatoms. The van der Waals surface area contributed by atoms with E-state index in [4.69, 9.17) is 32.6 Å². The number of carbonyl (C=O) groups excluding carboxylic acids is 4. The fourth-order valence-corrected chi connectivity index (χ4v) is 5.41. The van der Waals surface area contributed by atoms with Gasteiger partial charge in [0.1, 0.15) is 7.11 Å². The fourth-order valence-electron chi connectivity index (χ4n) is 2.84. The predicted molar refractivity (Wildman–Crippen MR) is 129 cm³/mol. The molecule has 3 amide bonds. The van der Waals surface area contributed by atoms with E-state index in [-0.39, 0.29) is 82.6 Å². The molecule has 1 fully saturated rings. The number of rotatable bonds is 19. The van der Waals surface area contributed by atoms with Crippen LogP contribution in [-0.2, 0) is 37.9 Å². The van der Waals surface area contributed by atoms with Crippen molar-refractivity contribution in [3.05, 3.63) is 0 Å². The molecule has 0 aromatic heterocycles. The summed E-state index contributed by atoms with van der Waals surface area (Å²) < 4.78 is 20.5. The number of hydrogen-bond donors (Lipinski definition) is 2. The maximum atomic E-state index is 13.4. The first-order valence-electron chi connectivity index (χ1n) is 11.0. The lowest BCUT2D eigenvalue weighted by Crippen LogP contribution is -2.37. The van der Waals surface area contributed by atoms with E-state index >= 15 is 0 Å². The van der Waals surface area contributed by atoms with Crippen LogP contribution in [0.3, 0.4) is 0 Å². The van der Waals surface area contributed by atoms with Crippen LogP contribution >= 0.6 is 30.9 Å². The summed E-state index contributed by atoms with van der Waals surface area (Å²) in [5.41, 5.74) is 0. The maximum Gasteiger partial charge on any atom is 0.343 e. The van der Waals surface area contributed by atoms with E-state index in [1.165, 1.54) is 18.0 Å². The van der Waals surface area contributed by atoms with Crippen molar-refractivity contribution in [2.75, 3.05) is 51.7 Å². The summed E-state index contributed by atoms with van der Waals surface area (Å²) in [6.45, 7) is 0.949. The number of carbonyl (C=O) groups is 4. The lowest BCUT2D eigenvalue weighted by molar-refractivity contribution is -0.197. The lowest BCUT2D eigenvalue weighted by atomic mass is 10.2. The van der Waals surface area contributed by atoms with Crippen molar-refractivity contribution in [3.8, 4) is 0 Å². The van der Waals surface area contributed by atoms with Crippen molar-refractivity contribution in [1.82, 2.24) is 20.1 Å². The van der Waals surface area contributed by atoms with E-state index in [0.717, 1.165) is 0 Å². The third-order valence-corrected chi connectivity index (χ3v) is 7.13. The number of nitrogens with one attached hydrogen (secondary N) is 2. The Labute approximate surface area is 214 Å². The number of imide groups is 1. The van der Waals surface area contributed by atoms with E-state index < -0.39 is 25.5 Å². The average Bonchev–Trinajstić information content (AvgIpc) is 3.13. The maximum absolute atomic E-state index is 13.4. The van der Waals surface area contributed by atoms with Crippen LogP contribution < -0.4 is 10.4 Å². The highest BCUT2D eigenvalue weighted by Crippen LogP contribution is 2.46. The Morgan fingerprint density at radius 3 is 2.40 bits per heavy atom. The highest BCUT2D eigenvalue weighted by Gasteiger charge is 2.33. The summed E-state index contributed by atoms with van der Waals surface area (Å²) >= 11 is 11.6. The van der Waals surface area contributed by atoms with Gasteiger partial charge in [-0.05, 0) is 6.42 Å². The number of halogens is 2. The minimum Gasteiger partial charge on any atom is -0.399 e. The number of hydroxylamine groups is 2. The van der Waals surface area contributed by atoms with Crippen molar-refractivity contribution in [2.45, 2.75) is 38.5 Å². The molecule has 0 spiro atoms. The molecule has 200 valence electrons. The summed E-state index contributed by atoms with van der Waals surface area (Å²) in [4.78, 5) is 56.0. The van der Waals surface area contributed by atoms with Crippen LogP contribution in [0.15, 0.2) is 5.16 Å². The fraction of sp³-hybridized carbons (Fsp3) is 0.737. The SMILES string of the molecule is CO/N=C/CCOP(=O)(NCCNC(=O)CCCC(=O)ON1C(=O)CCC1=O)N(CCCl)CCCl. The minimum atomic E-state index is -3.49. The molecule has 1 unspecified atom stereocenters. The number of amides is 3. The van der Waals surface area contributed by atoms with E-state index in [2.05, 4.69) is 20.4 Å². The van der Waals surface area contributed by atoms with Gasteiger partial charge in [-0.25, -0.2) is 14.6 Å². The van der Waals surface area contributed by atoms with Gasteiger partial charge in [0.25, 0.3) is 11.8 Å². The number of hydrogen-bond acceptors (Lipinski definition) is 9. The van der Waals surface area contributed by atoms with Gasteiger partial charge >= 0.3 is 13.6 Å². The molecule has 1 aliphatic rings. The highest BCUT2D eigenvalue weighted by atomic mass is 35.5. The summed E-state index contributed by atoms with van der Waals surface area (Å²) in [5, 5.41) is 9.55. The van der Waals surface area contributed by atoms with Crippen molar-refractivity contribution in [3.63, 3.8) is 0 Å². The van der Waals surface area contributed by atoms with E-state index in [0.29, 0.717) is 11.5 Å². The Hall–Kier alpha value is -1.76. The zero-order chi connectivity index (χ0) is 26.1. The molecule has 0 saturated carbocycles. The largest absolute Gasteiger partial charge is 0.399 e. The molecule has 0 bridgehead atoms. The van der Waals surface area contributed by atoms with Crippen LogP contribution in [-0.4, -0.2) is 91.3 Å². The van der Waals surface area contributed by atoms with Crippen LogP contribution in [0, 0.1) is 0 Å². The van der Waals surface area contributed by atoms with E-state index in [1.54, 1.807) is 0 Å². The first kappa shape index (κ1) is 31.3. The van der Waals surface area contributed by atoms with Gasteiger partial charge in [0.2, 0.25) is 5.91 Å². The summed E-state index contributed by atoms with van der Waals surface area (Å²) in [6, 6.07) is 0. The first-order chi connectivity index (χ1) is 16.8. The lowest BCUT2D eigenvalue weighted by Gasteiger charge is -2.30. The van der Waals surface area contributed by atoms with Crippen molar-refractivity contribution in [2.24, 2.45) is 5.16 Å². The zero-order valence-corrected chi connectivity index (χ0v) is 22.0. The van der Waals surface area contributed by atoms with Crippen molar-refractivity contribution in [1.29, 1.82) is 0 Å². The molecule has 0 aromatic carbocycles. The number of nitrogens with zero attached hydrogens (tertiary/aromatic N) is 3. The third kappa shape index (κ3) is 12.2. The highest BCUT2D eigenvalue weighted by molar-refractivity contribution is 7.54. The Balaban J connectivity index is 2.40. The van der Waals surface area contributed by atoms with Gasteiger partial charge in [0.15, 0.2) is 0 Å². The monoisotopic (exact) mass is 559 g/mol. The molecule has 0 aromatic rings. The smallest absolute Gasteiger partial charge is 0.343 e. The molecule has 0 aliphatic carbocycles. The first-order valence-corrected chi connectivity index (χ1v) is 13.7. The molecule has 1 atom stereocenters. The Morgan fingerprint density at radius 2 is 1.80 bits per heavy atom. The second-order valence-corrected chi connectivity index (χ2v) is 10.0. The Kier molecular flexibility index (Phi) is 15.8. The van der Waals surface area contributed by atoms with Gasteiger partial charge in [-0.15, -0.1) is 28.3 Å². The van der Waals surface area contributed by atoms with Crippen molar-refractivity contribution >= 4 is 60.8 Å². The molecular weight excluding hydrogens is 528 g/mol. The minimum absolute atomic E-state index is 0.0120. The second kappa shape index (κ2) is 17.6. The molecule has 13 nitrogen and oxygen atoms in total. The molecular formula is C19H32Cl2N5O8P. The van der Waals surface area contributed by atoms with E-state index in [9.17, 15) is 23.7 Å². The molecule has 1 aliphatic heterocycles. The van der Waals surface area contributed by atoms with Crippen molar-refractivity contribution < 1.29 is 37.9 Å². The summed E-state index contributed by atoms with van der Waals surface area (Å²) in [6.07, 6.45) is 1.93. The molecule has 1 rings (SSSR count). The van der Waals surface area contributed by atoms with Gasteiger partial charge in [-0.2, -0.15) is 0 Å². The molecule has 1 heterocycles. The summed E-state index contributed by atoms with van der Waals surface area (Å²) in [7, 11) is -2.08. The third-order valence-electron chi connectivity index (χ3n) is 4.49. The van der Waals surface area contributed by atoms with Gasteiger partial charge in [0.05, 0.1) is 6.61 Å². The van der Waals surface area contributed by atoms with Gasteiger partial charge < -0.3 is 19.5 Å². The molecule has 2 N–H and O–H groups in total. The average molecular weight is 560 g/mol. The molecule has 0 radical (unpaired) electrons. The van der Waals surface area contributed by atoms with Crippen LogP contribution in [0.1, 0.15) is 38.5 Å². The standard InChI is InChI=1S/C19H32Cl2N5O8P/c1-32-23-10-3-15-33-35(31,25(13-8-20)14-9-21)24-12-11-22-16(27)4-2-5-19(30)34-26-17(28)6-7-18(26)29/h10H,2-9,11-15H2,1H3,(H,22,27)(H,24,31)/b23-10+. The number of oxime groups is 1. The van der Waals surface area contributed by atoms with Gasteiger partial charge in [0, 0.05) is 76.3 Å². The molecule has 35 heavy (non-hydrogen) atoms. The van der Waals surface area contributed by atoms with Crippen LogP contribution in [0.2, 0.25) is 0 Å². The predicted octanol–water partition coefficient (Wildman–Crippen LogP) is 1.40. The van der Waals surface area contributed by atoms with E-state index in [1.807, 2.05) is 0 Å². The van der Waals surface area contributed by atoms with Crippen LogP contribution in [0.4, 0.5) is 0 Å². The van der Waals surface area contributed by atoms with Gasteiger partial charge in [-0.1, -0.05) is 5.16 Å². The topological polar surface area (TPSA) is 156 Å². The Morgan fingerprint density at radius 1 is 1.14 bits per heavy atom. The van der Waals surface area contributed by atoms with Gasteiger partial charge in [-0.3, -0.25) is 18.9 Å². The second-order valence-electron chi connectivity index (χ2n) is 7.10. The zero-order valence-electron chi connectivity index (χ0n) is 19.6.